The molecule has 3 N–H and O–H groups in total. The van der Waals surface area contributed by atoms with Crippen molar-refractivity contribution in [1.29, 1.82) is 0 Å². The second-order valence-electron chi connectivity index (χ2n) is 5.33. The number of amides is 1. The van der Waals surface area contributed by atoms with Gasteiger partial charge in [0.1, 0.15) is 6.10 Å². The van der Waals surface area contributed by atoms with Gasteiger partial charge in [-0.2, -0.15) is 0 Å². The minimum absolute atomic E-state index is 0.0391. The Bertz CT molecular complexity index is 293. The number of hydrogen-bond donors (Lipinski definition) is 3. The van der Waals surface area contributed by atoms with Gasteiger partial charge in [-0.15, -0.1) is 0 Å². The van der Waals surface area contributed by atoms with Gasteiger partial charge in [0, 0.05) is 25.5 Å². The fourth-order valence-electron chi connectivity index (χ4n) is 2.53. The summed E-state index contributed by atoms with van der Waals surface area (Å²) >= 11 is 0. The highest BCUT2D eigenvalue weighted by atomic mass is 16.5. The van der Waals surface area contributed by atoms with Crippen molar-refractivity contribution in [3.8, 4) is 0 Å². The van der Waals surface area contributed by atoms with E-state index in [0.717, 1.165) is 25.9 Å². The summed E-state index contributed by atoms with van der Waals surface area (Å²) in [5.74, 6) is -0.279. The summed E-state index contributed by atoms with van der Waals surface area (Å²) in [5, 5.41) is 22.0. The zero-order chi connectivity index (χ0) is 13.7. The molecule has 2 heterocycles. The number of ether oxygens (including phenoxy) is 2. The maximum Gasteiger partial charge on any atom is 0.220 e. The molecule has 0 radical (unpaired) electrons. The molecule has 0 saturated carbocycles. The van der Waals surface area contributed by atoms with Gasteiger partial charge in [0.15, 0.2) is 0 Å². The molecule has 2 aliphatic rings. The van der Waals surface area contributed by atoms with Gasteiger partial charge in [-0.25, -0.2) is 0 Å². The van der Waals surface area contributed by atoms with Crippen LogP contribution in [0.15, 0.2) is 0 Å². The fraction of sp³-hybridized carbons (Fsp3) is 0.923. The number of hydrogen-bond acceptors (Lipinski definition) is 5. The van der Waals surface area contributed by atoms with Crippen LogP contribution in [0.2, 0.25) is 0 Å². The highest BCUT2D eigenvalue weighted by Gasteiger charge is 2.31. The van der Waals surface area contributed by atoms with Gasteiger partial charge < -0.3 is 25.0 Å². The third-order valence-corrected chi connectivity index (χ3v) is 3.78. The summed E-state index contributed by atoms with van der Waals surface area (Å²) in [6.45, 7) is 1.66. The lowest BCUT2D eigenvalue weighted by Crippen LogP contribution is -2.48. The Morgan fingerprint density at radius 1 is 1.32 bits per heavy atom. The highest BCUT2D eigenvalue weighted by molar-refractivity contribution is 5.75. The van der Waals surface area contributed by atoms with E-state index in [-0.39, 0.29) is 24.5 Å². The molecular formula is C13H23NO5. The van der Waals surface area contributed by atoms with Crippen molar-refractivity contribution in [2.75, 3.05) is 26.4 Å². The molecule has 2 saturated heterocycles. The number of aliphatic hydroxyl groups is 2. The highest BCUT2D eigenvalue weighted by Crippen LogP contribution is 2.17. The van der Waals surface area contributed by atoms with E-state index < -0.39 is 12.2 Å². The average molecular weight is 273 g/mol. The molecule has 4 atom stereocenters. The topological polar surface area (TPSA) is 88.0 Å². The molecule has 110 valence electrons. The molecule has 19 heavy (non-hydrogen) atoms. The standard InChI is InChI=1S/C13H23NO5/c15-11-8-18-7-9(13(11)17)6-14-12(16)4-3-10-2-1-5-19-10/h9-11,13,15,17H,1-8H2,(H,14,16)/t9-,10-,11-,13+/m1/s1. The van der Waals surface area contributed by atoms with Gasteiger partial charge in [-0.05, 0) is 19.3 Å². The Morgan fingerprint density at radius 3 is 2.89 bits per heavy atom. The largest absolute Gasteiger partial charge is 0.390 e. The second kappa shape index (κ2) is 7.19. The molecule has 2 aliphatic heterocycles. The van der Waals surface area contributed by atoms with Crippen molar-refractivity contribution in [2.45, 2.75) is 44.0 Å². The number of aliphatic hydroxyl groups excluding tert-OH is 2. The van der Waals surface area contributed by atoms with E-state index in [2.05, 4.69) is 5.32 Å². The molecule has 0 bridgehead atoms. The van der Waals surface area contributed by atoms with Gasteiger partial charge in [0.2, 0.25) is 5.91 Å². The minimum atomic E-state index is -0.859. The quantitative estimate of drug-likeness (QED) is 0.624. The molecular weight excluding hydrogens is 250 g/mol. The lowest BCUT2D eigenvalue weighted by atomic mass is 9.96. The summed E-state index contributed by atoms with van der Waals surface area (Å²) in [4.78, 5) is 11.7. The molecule has 2 fully saturated rings. The Balaban J connectivity index is 1.62. The van der Waals surface area contributed by atoms with Crippen molar-refractivity contribution in [2.24, 2.45) is 5.92 Å². The Morgan fingerprint density at radius 2 is 2.16 bits per heavy atom. The summed E-state index contributed by atoms with van der Waals surface area (Å²) in [7, 11) is 0. The van der Waals surface area contributed by atoms with E-state index >= 15 is 0 Å². The van der Waals surface area contributed by atoms with E-state index in [9.17, 15) is 15.0 Å². The fourth-order valence-corrected chi connectivity index (χ4v) is 2.53. The van der Waals surface area contributed by atoms with Crippen LogP contribution in [0.5, 0.6) is 0 Å². The van der Waals surface area contributed by atoms with Crippen LogP contribution in [-0.4, -0.2) is 60.8 Å². The van der Waals surface area contributed by atoms with Crippen molar-refractivity contribution >= 4 is 5.91 Å². The molecule has 6 nitrogen and oxygen atoms in total. The first-order valence-electron chi connectivity index (χ1n) is 6.99. The van der Waals surface area contributed by atoms with Crippen molar-refractivity contribution in [3.05, 3.63) is 0 Å². The molecule has 0 aromatic rings. The summed E-state index contributed by atoms with van der Waals surface area (Å²) in [6, 6.07) is 0. The molecule has 1 amide bonds. The minimum Gasteiger partial charge on any atom is -0.390 e. The summed E-state index contributed by atoms with van der Waals surface area (Å²) in [6.07, 6.45) is 1.84. The first kappa shape index (κ1) is 14.7. The summed E-state index contributed by atoms with van der Waals surface area (Å²) in [5.41, 5.74) is 0. The first-order chi connectivity index (χ1) is 9.16. The van der Waals surface area contributed by atoms with Gasteiger partial charge in [0.25, 0.3) is 0 Å². The number of rotatable bonds is 5. The molecule has 0 aromatic heterocycles. The maximum absolute atomic E-state index is 11.7. The van der Waals surface area contributed by atoms with E-state index in [1.165, 1.54) is 0 Å². The second-order valence-corrected chi connectivity index (χ2v) is 5.33. The third-order valence-electron chi connectivity index (χ3n) is 3.78. The van der Waals surface area contributed by atoms with Crippen molar-refractivity contribution < 1.29 is 24.5 Å². The zero-order valence-corrected chi connectivity index (χ0v) is 11.1. The number of carbonyl (C=O) groups is 1. The molecule has 2 rings (SSSR count). The Labute approximate surface area is 113 Å². The van der Waals surface area contributed by atoms with E-state index in [1.807, 2.05) is 0 Å². The van der Waals surface area contributed by atoms with E-state index in [4.69, 9.17) is 9.47 Å². The molecule has 0 unspecified atom stereocenters. The molecule has 0 aliphatic carbocycles. The van der Waals surface area contributed by atoms with Crippen LogP contribution < -0.4 is 5.32 Å². The van der Waals surface area contributed by atoms with E-state index in [0.29, 0.717) is 19.6 Å². The lowest BCUT2D eigenvalue weighted by Gasteiger charge is -2.31. The van der Waals surface area contributed by atoms with Gasteiger partial charge in [0.05, 0.1) is 25.4 Å². The Kier molecular flexibility index (Phi) is 5.57. The lowest BCUT2D eigenvalue weighted by molar-refractivity contribution is -0.128. The molecule has 0 aromatic carbocycles. The van der Waals surface area contributed by atoms with Crippen LogP contribution in [0.1, 0.15) is 25.7 Å². The smallest absolute Gasteiger partial charge is 0.220 e. The van der Waals surface area contributed by atoms with Crippen LogP contribution in [0.3, 0.4) is 0 Å². The van der Waals surface area contributed by atoms with Crippen LogP contribution in [0.25, 0.3) is 0 Å². The third kappa shape index (κ3) is 4.42. The molecule has 6 heteroatoms. The first-order valence-corrected chi connectivity index (χ1v) is 6.99. The average Bonchev–Trinajstić information content (AvgIpc) is 2.91. The van der Waals surface area contributed by atoms with Gasteiger partial charge in [-0.1, -0.05) is 0 Å². The number of nitrogens with one attached hydrogen (secondary N) is 1. The van der Waals surface area contributed by atoms with Crippen LogP contribution in [0.4, 0.5) is 0 Å². The zero-order valence-electron chi connectivity index (χ0n) is 11.1. The van der Waals surface area contributed by atoms with Crippen LogP contribution in [0, 0.1) is 5.92 Å². The normalized spacial score (nSPS) is 35.3. The van der Waals surface area contributed by atoms with Crippen molar-refractivity contribution in [3.63, 3.8) is 0 Å². The van der Waals surface area contributed by atoms with Gasteiger partial charge >= 0.3 is 0 Å². The molecule has 0 spiro atoms. The van der Waals surface area contributed by atoms with Crippen molar-refractivity contribution in [1.82, 2.24) is 5.32 Å². The van der Waals surface area contributed by atoms with Crippen LogP contribution >= 0.6 is 0 Å². The SMILES string of the molecule is O=C(CC[C@H]1CCCO1)NC[C@@H]1COC[C@@H](O)[C@H]1O. The van der Waals surface area contributed by atoms with Gasteiger partial charge in [-0.3, -0.25) is 4.79 Å². The van der Waals surface area contributed by atoms with E-state index in [1.54, 1.807) is 0 Å². The Hall–Kier alpha value is -0.690. The number of carbonyl (C=O) groups excluding carboxylic acids is 1. The predicted molar refractivity (Wildman–Crippen MR) is 67.5 cm³/mol. The summed E-state index contributed by atoms with van der Waals surface area (Å²) < 4.78 is 10.6. The monoisotopic (exact) mass is 273 g/mol. The van der Waals surface area contributed by atoms with Crippen LogP contribution in [-0.2, 0) is 14.3 Å². The maximum atomic E-state index is 11.7. The predicted octanol–water partition coefficient (Wildman–Crippen LogP) is -0.570.